The first kappa shape index (κ1) is 25.9. The Kier molecular flexibility index (Phi) is 9.22. The van der Waals surface area contributed by atoms with E-state index in [4.69, 9.17) is 11.6 Å². The van der Waals surface area contributed by atoms with Gasteiger partial charge in [-0.1, -0.05) is 25.7 Å². The number of likely N-dealkylation sites (N-methyl/N-ethyl adjacent to an activating group) is 1. The molecule has 1 saturated carbocycles. The molecule has 13 heteroatoms. The number of anilines is 2. The molecule has 34 heavy (non-hydrogen) atoms. The highest BCUT2D eigenvalue weighted by Gasteiger charge is 2.29. The molecule has 11 nitrogen and oxygen atoms in total. The van der Waals surface area contributed by atoms with Crippen molar-refractivity contribution in [3.63, 3.8) is 0 Å². The number of carbonyl (C=O) groups is 3. The van der Waals surface area contributed by atoms with Crippen molar-refractivity contribution in [1.29, 1.82) is 0 Å². The number of aromatic nitrogens is 2. The lowest BCUT2D eigenvalue weighted by molar-refractivity contribution is -0.154. The molecule has 1 aliphatic heterocycles. The van der Waals surface area contributed by atoms with Crippen LogP contribution in [0.1, 0.15) is 51.4 Å². The van der Waals surface area contributed by atoms with Gasteiger partial charge in [-0.2, -0.15) is 14.4 Å². The van der Waals surface area contributed by atoms with Gasteiger partial charge < -0.3 is 10.2 Å². The fraction of sp³-hybridized carbons (Fsp3) is 0.667. The molecule has 0 radical (unpaired) electrons. The monoisotopic (exact) mass is 499 g/mol. The Bertz CT molecular complexity index is 887. The normalized spacial score (nSPS) is 19.9. The van der Waals surface area contributed by atoms with E-state index >= 15 is 4.39 Å². The summed E-state index contributed by atoms with van der Waals surface area (Å²) >= 11 is 5.96. The van der Waals surface area contributed by atoms with Crippen LogP contribution in [-0.2, 0) is 14.4 Å². The molecular formula is C21H31ClFN7O4. The number of halogens is 2. The summed E-state index contributed by atoms with van der Waals surface area (Å²) in [6.45, 7) is 0.435. The van der Waals surface area contributed by atoms with E-state index in [2.05, 4.69) is 26.1 Å². The number of hydrazine groups is 1. The summed E-state index contributed by atoms with van der Waals surface area (Å²) in [5.74, 6) is -2.63. The number of hydrogen-bond donors (Lipinski definition) is 4. The number of hydrogen-bond acceptors (Lipinski definition) is 8. The molecule has 0 spiro atoms. The van der Waals surface area contributed by atoms with Crippen molar-refractivity contribution in [2.75, 3.05) is 30.9 Å². The predicted molar refractivity (Wildman–Crippen MR) is 122 cm³/mol. The standard InChI is InChI=1S/C21H31ClFN7O4/c1-29-9-5-4-8-15(20(29)33)24-17-16(23)18(26-21(22)25-17)27-28-19(32)14(11-30(34)12-31)10-13-6-2-3-7-13/h12-15,34H,2-11H2,1H3,(H,28,32)(H2,24,25,26,27). The van der Waals surface area contributed by atoms with Gasteiger partial charge in [-0.05, 0) is 43.2 Å². The molecule has 3 amide bonds. The molecule has 4 N–H and O–H groups in total. The number of hydroxylamine groups is 2. The second-order valence-corrected chi connectivity index (χ2v) is 9.22. The maximum atomic E-state index is 15.1. The van der Waals surface area contributed by atoms with E-state index in [-0.39, 0.29) is 35.8 Å². The van der Waals surface area contributed by atoms with Crippen molar-refractivity contribution >= 4 is 41.5 Å². The van der Waals surface area contributed by atoms with E-state index in [1.807, 2.05) is 0 Å². The first-order valence-corrected chi connectivity index (χ1v) is 11.9. The van der Waals surface area contributed by atoms with Gasteiger partial charge in [-0.25, -0.2) is 5.06 Å². The Hall–Kier alpha value is -2.73. The molecule has 0 aromatic carbocycles. The van der Waals surface area contributed by atoms with Crippen LogP contribution < -0.4 is 16.2 Å². The smallest absolute Gasteiger partial charge is 0.244 e. The Morgan fingerprint density at radius 2 is 1.94 bits per heavy atom. The maximum Gasteiger partial charge on any atom is 0.244 e. The number of rotatable bonds is 10. The highest BCUT2D eigenvalue weighted by Crippen LogP contribution is 2.31. The van der Waals surface area contributed by atoms with E-state index in [1.54, 1.807) is 11.9 Å². The van der Waals surface area contributed by atoms with Crippen molar-refractivity contribution in [3.05, 3.63) is 11.1 Å². The van der Waals surface area contributed by atoms with Crippen LogP contribution in [0.15, 0.2) is 0 Å². The molecule has 2 atom stereocenters. The molecular weight excluding hydrogens is 469 g/mol. The summed E-state index contributed by atoms with van der Waals surface area (Å²) in [4.78, 5) is 45.4. The summed E-state index contributed by atoms with van der Waals surface area (Å²) < 4.78 is 15.1. The molecule has 1 aromatic heterocycles. The maximum absolute atomic E-state index is 15.1. The van der Waals surface area contributed by atoms with Crippen LogP contribution >= 0.6 is 11.6 Å². The Balaban J connectivity index is 1.69. The van der Waals surface area contributed by atoms with Gasteiger partial charge >= 0.3 is 0 Å². The van der Waals surface area contributed by atoms with Crippen molar-refractivity contribution < 1.29 is 24.0 Å². The first-order valence-electron chi connectivity index (χ1n) is 11.5. The van der Waals surface area contributed by atoms with Gasteiger partial charge in [-0.3, -0.25) is 30.4 Å². The zero-order valence-electron chi connectivity index (χ0n) is 19.1. The first-order chi connectivity index (χ1) is 16.3. The summed E-state index contributed by atoms with van der Waals surface area (Å²) in [5, 5.41) is 12.5. The second-order valence-electron chi connectivity index (χ2n) is 8.88. The number of carbonyl (C=O) groups excluding carboxylic acids is 3. The van der Waals surface area contributed by atoms with Gasteiger partial charge in [-0.15, -0.1) is 0 Å². The summed E-state index contributed by atoms with van der Waals surface area (Å²) in [6.07, 6.45) is 6.98. The van der Waals surface area contributed by atoms with E-state index in [1.165, 1.54) is 0 Å². The van der Waals surface area contributed by atoms with Crippen molar-refractivity contribution in [3.8, 4) is 0 Å². The van der Waals surface area contributed by atoms with Gasteiger partial charge in [0.2, 0.25) is 29.3 Å². The second kappa shape index (κ2) is 12.1. The molecule has 188 valence electrons. The van der Waals surface area contributed by atoms with Gasteiger partial charge in [0.15, 0.2) is 11.6 Å². The number of nitrogens with zero attached hydrogens (tertiary/aromatic N) is 4. The zero-order chi connectivity index (χ0) is 24.7. The third-order valence-electron chi connectivity index (χ3n) is 6.34. The van der Waals surface area contributed by atoms with E-state index in [0.29, 0.717) is 30.4 Å². The Morgan fingerprint density at radius 1 is 1.26 bits per heavy atom. The minimum Gasteiger partial charge on any atom is -0.356 e. The molecule has 2 aliphatic rings. The number of nitrogens with one attached hydrogen (secondary N) is 3. The van der Waals surface area contributed by atoms with Gasteiger partial charge in [0.1, 0.15) is 6.04 Å². The van der Waals surface area contributed by atoms with Crippen LogP contribution in [0.2, 0.25) is 5.28 Å². The lowest BCUT2D eigenvalue weighted by Crippen LogP contribution is -2.41. The van der Waals surface area contributed by atoms with Gasteiger partial charge in [0.25, 0.3) is 0 Å². The minimum absolute atomic E-state index is 0.173. The Morgan fingerprint density at radius 3 is 2.65 bits per heavy atom. The van der Waals surface area contributed by atoms with Gasteiger partial charge in [0, 0.05) is 13.6 Å². The van der Waals surface area contributed by atoms with Crippen LogP contribution in [0.4, 0.5) is 16.0 Å². The fourth-order valence-corrected chi connectivity index (χ4v) is 4.67. The molecule has 1 saturated heterocycles. The summed E-state index contributed by atoms with van der Waals surface area (Å²) in [5.41, 5.74) is 4.82. The van der Waals surface area contributed by atoms with Crippen LogP contribution in [0, 0.1) is 17.7 Å². The lowest BCUT2D eigenvalue weighted by atomic mass is 9.92. The topological polar surface area (TPSA) is 140 Å². The molecule has 0 bridgehead atoms. The third-order valence-corrected chi connectivity index (χ3v) is 6.51. The SMILES string of the molecule is CN1CCCCC(Nc2nc(Cl)nc(NNC(=O)C(CC3CCCC3)CN(O)C=O)c2F)C1=O. The molecule has 1 aromatic rings. The molecule has 2 unspecified atom stereocenters. The van der Waals surface area contributed by atoms with E-state index in [9.17, 15) is 19.6 Å². The van der Waals surface area contributed by atoms with Crippen LogP contribution in [0.5, 0.6) is 0 Å². The fourth-order valence-electron chi connectivity index (χ4n) is 4.50. The average molecular weight is 500 g/mol. The van der Waals surface area contributed by atoms with E-state index in [0.717, 1.165) is 38.5 Å². The lowest BCUT2D eigenvalue weighted by Gasteiger charge is -2.23. The molecule has 1 aliphatic carbocycles. The molecule has 3 rings (SSSR count). The average Bonchev–Trinajstić information content (AvgIpc) is 3.28. The molecule has 2 heterocycles. The quantitative estimate of drug-likeness (QED) is 0.166. The number of likely N-dealkylation sites (tertiary alicyclic amines) is 1. The highest BCUT2D eigenvalue weighted by molar-refractivity contribution is 6.28. The van der Waals surface area contributed by atoms with Crippen molar-refractivity contribution in [2.45, 2.75) is 57.4 Å². The van der Waals surface area contributed by atoms with Gasteiger partial charge in [0.05, 0.1) is 12.5 Å². The third kappa shape index (κ3) is 6.89. The summed E-state index contributed by atoms with van der Waals surface area (Å²) in [6, 6.07) is -0.662. The minimum atomic E-state index is -0.909. The zero-order valence-corrected chi connectivity index (χ0v) is 19.9. The Labute approximate surface area is 202 Å². The predicted octanol–water partition coefficient (Wildman–Crippen LogP) is 2.18. The molecule has 2 fully saturated rings. The highest BCUT2D eigenvalue weighted by atomic mass is 35.5. The van der Waals surface area contributed by atoms with Crippen molar-refractivity contribution in [2.24, 2.45) is 11.8 Å². The van der Waals surface area contributed by atoms with E-state index < -0.39 is 23.7 Å². The van der Waals surface area contributed by atoms with Crippen LogP contribution in [0.3, 0.4) is 0 Å². The van der Waals surface area contributed by atoms with Crippen LogP contribution in [0.25, 0.3) is 0 Å². The van der Waals surface area contributed by atoms with Crippen molar-refractivity contribution in [1.82, 2.24) is 25.4 Å². The number of amides is 3. The van der Waals surface area contributed by atoms with Crippen LogP contribution in [-0.4, -0.2) is 69.5 Å². The summed E-state index contributed by atoms with van der Waals surface area (Å²) in [7, 11) is 1.69. The largest absolute Gasteiger partial charge is 0.356 e.